The molecule has 134 valence electrons. The van der Waals surface area contributed by atoms with Gasteiger partial charge in [-0.15, -0.1) is 5.10 Å². The number of ketones is 1. The highest BCUT2D eigenvalue weighted by molar-refractivity contribution is 5.75. The Bertz CT molecular complexity index is 416. The van der Waals surface area contributed by atoms with Crippen LogP contribution in [0.1, 0.15) is 79.3 Å². The van der Waals surface area contributed by atoms with Crippen molar-refractivity contribution in [1.82, 2.24) is 20.3 Å². The molecule has 1 heterocycles. The van der Waals surface area contributed by atoms with Crippen molar-refractivity contribution >= 4 is 11.7 Å². The number of nitrogens with one attached hydrogen (secondary N) is 1. The smallest absolute Gasteiger partial charge is 0.220 e. The fraction of sp³-hybridized carbons (Fsp3) is 0.765. The van der Waals surface area contributed by atoms with Crippen LogP contribution >= 0.6 is 0 Å². The topological polar surface area (TPSA) is 76.9 Å². The summed E-state index contributed by atoms with van der Waals surface area (Å²) in [5.41, 5.74) is 0.760. The van der Waals surface area contributed by atoms with Crippen molar-refractivity contribution in [2.24, 2.45) is 0 Å². The molecule has 6 nitrogen and oxygen atoms in total. The lowest BCUT2D eigenvalue weighted by Crippen LogP contribution is -2.22. The molecule has 6 heteroatoms. The molecule has 0 aliphatic heterocycles. The molecule has 0 saturated carbocycles. The van der Waals surface area contributed by atoms with Crippen LogP contribution in [0.5, 0.6) is 0 Å². The van der Waals surface area contributed by atoms with Crippen LogP contribution in [0, 0.1) is 0 Å². The SMILES string of the molecule is CC.CC.CCCC(=O)NCc1cn(CCCCC(C)=O)nn1. The van der Waals surface area contributed by atoms with E-state index in [-0.39, 0.29) is 11.7 Å². The average Bonchev–Trinajstić information content (AvgIpc) is 3.01. The second kappa shape index (κ2) is 16.6. The van der Waals surface area contributed by atoms with Gasteiger partial charge in [-0.05, 0) is 26.2 Å². The zero-order chi connectivity index (χ0) is 18.1. The van der Waals surface area contributed by atoms with E-state index in [1.165, 1.54) is 0 Å². The van der Waals surface area contributed by atoms with Crippen molar-refractivity contribution in [2.45, 2.75) is 86.7 Å². The molecule has 1 aromatic heterocycles. The van der Waals surface area contributed by atoms with E-state index in [9.17, 15) is 9.59 Å². The Morgan fingerprint density at radius 1 is 1.13 bits per heavy atom. The molecule has 0 aromatic carbocycles. The second-order valence-corrected chi connectivity index (χ2v) is 4.66. The zero-order valence-corrected chi connectivity index (χ0v) is 15.7. The Kier molecular flexibility index (Phi) is 17.0. The van der Waals surface area contributed by atoms with Gasteiger partial charge in [0.15, 0.2) is 0 Å². The number of hydrogen-bond donors (Lipinski definition) is 1. The predicted molar refractivity (Wildman–Crippen MR) is 94.0 cm³/mol. The quantitative estimate of drug-likeness (QED) is 0.705. The van der Waals surface area contributed by atoms with Crippen LogP contribution in [0.15, 0.2) is 6.20 Å². The number of hydrogen-bond acceptors (Lipinski definition) is 4. The zero-order valence-electron chi connectivity index (χ0n) is 15.7. The van der Waals surface area contributed by atoms with Gasteiger partial charge in [-0.1, -0.05) is 39.8 Å². The van der Waals surface area contributed by atoms with Gasteiger partial charge >= 0.3 is 0 Å². The molecular weight excluding hydrogens is 292 g/mol. The predicted octanol–water partition coefficient (Wildman–Crippen LogP) is 3.51. The van der Waals surface area contributed by atoms with Gasteiger partial charge in [0.1, 0.15) is 11.5 Å². The lowest BCUT2D eigenvalue weighted by atomic mass is 10.2. The second-order valence-electron chi connectivity index (χ2n) is 4.66. The number of nitrogens with zero attached hydrogens (tertiary/aromatic N) is 3. The number of carbonyl (C=O) groups excluding carboxylic acids is 2. The first-order valence-corrected chi connectivity index (χ1v) is 8.77. The van der Waals surface area contributed by atoms with Gasteiger partial charge in [-0.3, -0.25) is 9.48 Å². The molecule has 0 aliphatic rings. The van der Waals surface area contributed by atoms with Gasteiger partial charge in [0.05, 0.1) is 12.7 Å². The summed E-state index contributed by atoms with van der Waals surface area (Å²) >= 11 is 0. The van der Waals surface area contributed by atoms with Crippen LogP contribution in [0.4, 0.5) is 0 Å². The molecule has 23 heavy (non-hydrogen) atoms. The first kappa shape index (κ1) is 23.5. The highest BCUT2D eigenvalue weighted by Crippen LogP contribution is 2.00. The van der Waals surface area contributed by atoms with Gasteiger partial charge in [-0.2, -0.15) is 0 Å². The monoisotopic (exact) mass is 326 g/mol. The van der Waals surface area contributed by atoms with Crippen LogP contribution in [0.25, 0.3) is 0 Å². The molecule has 0 saturated heterocycles. The number of Topliss-reactive ketones (excluding diaryl/α,β-unsaturated/α-hetero) is 1. The minimum atomic E-state index is 0.0403. The van der Waals surface area contributed by atoms with Crippen molar-refractivity contribution in [3.05, 3.63) is 11.9 Å². The molecule has 0 fully saturated rings. The van der Waals surface area contributed by atoms with Gasteiger partial charge in [0.25, 0.3) is 0 Å². The third kappa shape index (κ3) is 13.7. The minimum absolute atomic E-state index is 0.0403. The summed E-state index contributed by atoms with van der Waals surface area (Å²) in [4.78, 5) is 22.1. The normalized spacial score (nSPS) is 9.13. The molecule has 1 rings (SSSR count). The molecule has 0 aliphatic carbocycles. The van der Waals surface area contributed by atoms with Crippen LogP contribution in [-0.4, -0.2) is 26.7 Å². The van der Waals surface area contributed by atoms with Crippen molar-refractivity contribution in [2.75, 3.05) is 0 Å². The van der Waals surface area contributed by atoms with E-state index >= 15 is 0 Å². The Morgan fingerprint density at radius 2 is 1.78 bits per heavy atom. The average molecular weight is 326 g/mol. The molecule has 1 aromatic rings. The van der Waals surface area contributed by atoms with Gasteiger partial charge in [-0.25, -0.2) is 0 Å². The lowest BCUT2D eigenvalue weighted by molar-refractivity contribution is -0.121. The molecule has 0 bridgehead atoms. The summed E-state index contributed by atoms with van der Waals surface area (Å²) < 4.78 is 1.75. The summed E-state index contributed by atoms with van der Waals surface area (Å²) in [5, 5.41) is 10.8. The summed E-state index contributed by atoms with van der Waals surface area (Å²) in [7, 11) is 0. The first-order valence-electron chi connectivity index (χ1n) is 8.77. The van der Waals surface area contributed by atoms with E-state index in [0.717, 1.165) is 31.5 Å². The van der Waals surface area contributed by atoms with E-state index < -0.39 is 0 Å². The Hall–Kier alpha value is -1.72. The van der Waals surface area contributed by atoms with E-state index in [2.05, 4.69) is 15.6 Å². The standard InChI is InChI=1S/C13H22N4O2.2C2H6/c1-3-6-13(19)14-9-12-10-17(16-15-12)8-5-4-7-11(2)18;2*1-2/h10H,3-9H2,1-2H3,(H,14,19);2*1-2H3. The van der Waals surface area contributed by atoms with Crippen LogP contribution in [0.2, 0.25) is 0 Å². The first-order chi connectivity index (χ1) is 11.1. The van der Waals surface area contributed by atoms with Crippen molar-refractivity contribution in [3.8, 4) is 0 Å². The highest BCUT2D eigenvalue weighted by atomic mass is 16.1. The number of unbranched alkanes of at least 4 members (excludes halogenated alkanes) is 1. The molecule has 1 N–H and O–H groups in total. The molecule has 0 spiro atoms. The Labute approximate surface area is 141 Å². The molecular formula is C17H34N4O2. The molecule has 0 radical (unpaired) electrons. The van der Waals surface area contributed by atoms with Crippen molar-refractivity contribution in [3.63, 3.8) is 0 Å². The highest BCUT2D eigenvalue weighted by Gasteiger charge is 2.03. The third-order valence-corrected chi connectivity index (χ3v) is 2.70. The van der Waals surface area contributed by atoms with Crippen molar-refractivity contribution < 1.29 is 9.59 Å². The maximum Gasteiger partial charge on any atom is 0.220 e. The van der Waals surface area contributed by atoms with Gasteiger partial charge in [0, 0.05) is 19.4 Å². The van der Waals surface area contributed by atoms with E-state index in [0.29, 0.717) is 19.4 Å². The van der Waals surface area contributed by atoms with E-state index in [4.69, 9.17) is 0 Å². The number of amides is 1. The number of rotatable bonds is 9. The number of carbonyl (C=O) groups is 2. The van der Waals surface area contributed by atoms with Gasteiger partial charge < -0.3 is 10.1 Å². The Balaban J connectivity index is 0. The van der Waals surface area contributed by atoms with Crippen LogP contribution in [0.3, 0.4) is 0 Å². The van der Waals surface area contributed by atoms with E-state index in [1.807, 2.05) is 40.8 Å². The summed E-state index contributed by atoms with van der Waals surface area (Å²) in [6, 6.07) is 0. The number of aryl methyl sites for hydroxylation is 1. The minimum Gasteiger partial charge on any atom is -0.350 e. The number of aromatic nitrogens is 3. The molecule has 0 atom stereocenters. The Morgan fingerprint density at radius 3 is 2.35 bits per heavy atom. The third-order valence-electron chi connectivity index (χ3n) is 2.70. The fourth-order valence-electron chi connectivity index (χ4n) is 1.68. The largest absolute Gasteiger partial charge is 0.350 e. The fourth-order valence-corrected chi connectivity index (χ4v) is 1.68. The van der Waals surface area contributed by atoms with Crippen LogP contribution < -0.4 is 5.32 Å². The van der Waals surface area contributed by atoms with Crippen LogP contribution in [-0.2, 0) is 22.7 Å². The summed E-state index contributed by atoms with van der Waals surface area (Å²) in [5.74, 6) is 0.261. The summed E-state index contributed by atoms with van der Waals surface area (Å²) in [6.45, 7) is 12.7. The van der Waals surface area contributed by atoms with Crippen molar-refractivity contribution in [1.29, 1.82) is 0 Å². The maximum absolute atomic E-state index is 11.3. The maximum atomic E-state index is 11.3. The van der Waals surface area contributed by atoms with Gasteiger partial charge in [0.2, 0.25) is 5.91 Å². The molecule has 0 unspecified atom stereocenters. The van der Waals surface area contributed by atoms with E-state index in [1.54, 1.807) is 11.6 Å². The molecule has 1 amide bonds. The summed E-state index contributed by atoms with van der Waals surface area (Å²) in [6.07, 6.45) is 5.62. The lowest BCUT2D eigenvalue weighted by Gasteiger charge is -2.00.